The van der Waals surface area contributed by atoms with Gasteiger partial charge in [0.2, 0.25) is 0 Å². The number of benzene rings is 6. The molecule has 0 N–H and O–H groups in total. The zero-order chi connectivity index (χ0) is 38.4. The van der Waals surface area contributed by atoms with Gasteiger partial charge in [0.25, 0.3) is 0 Å². The quantitative estimate of drug-likeness (QED) is 0.158. The number of hydrogen-bond acceptors (Lipinski definition) is 6. The minimum absolute atomic E-state index is 0.586. The summed E-state index contributed by atoms with van der Waals surface area (Å²) in [6.07, 6.45) is 1.82. The van der Waals surface area contributed by atoms with Crippen LogP contribution in [0.4, 0.5) is 0 Å². The highest BCUT2D eigenvalue weighted by Crippen LogP contribution is 2.32. The fourth-order valence-electron chi connectivity index (χ4n) is 7.65. The average molecular weight is 741 g/mol. The molecule has 0 saturated carbocycles. The molecule has 5 aromatic heterocycles. The monoisotopic (exact) mass is 740 g/mol. The van der Waals surface area contributed by atoms with Crippen molar-refractivity contribution in [2.45, 2.75) is 0 Å². The highest BCUT2D eigenvalue weighted by atomic mass is 14.9. The molecule has 58 heavy (non-hydrogen) atoms. The molecule has 0 radical (unpaired) electrons. The molecule has 0 fully saturated rings. The van der Waals surface area contributed by atoms with Crippen molar-refractivity contribution in [1.29, 1.82) is 0 Å². The van der Waals surface area contributed by atoms with Crippen LogP contribution in [0, 0.1) is 0 Å². The molecule has 11 aromatic rings. The van der Waals surface area contributed by atoms with Crippen LogP contribution in [-0.2, 0) is 0 Å². The van der Waals surface area contributed by atoms with Crippen LogP contribution in [-0.4, -0.2) is 29.9 Å². The first-order valence-electron chi connectivity index (χ1n) is 19.3. The van der Waals surface area contributed by atoms with E-state index in [1.54, 1.807) is 0 Å². The van der Waals surface area contributed by atoms with Gasteiger partial charge >= 0.3 is 0 Å². The summed E-state index contributed by atoms with van der Waals surface area (Å²) in [7, 11) is 0. The topological polar surface area (TPSA) is 77.3 Å². The van der Waals surface area contributed by atoms with E-state index in [-0.39, 0.29) is 0 Å². The Labute approximate surface area is 334 Å². The second kappa shape index (κ2) is 14.0. The van der Waals surface area contributed by atoms with Gasteiger partial charge < -0.3 is 0 Å². The number of hydrogen-bond donors (Lipinski definition) is 0. The summed E-state index contributed by atoms with van der Waals surface area (Å²) in [6, 6.07) is 64.6. The highest BCUT2D eigenvalue weighted by Gasteiger charge is 2.14. The Morgan fingerprint density at radius 2 is 0.707 bits per heavy atom. The van der Waals surface area contributed by atoms with Gasteiger partial charge in [-0.15, -0.1) is 0 Å². The second-order valence-corrected chi connectivity index (χ2v) is 14.4. The third-order valence-electron chi connectivity index (χ3n) is 10.7. The van der Waals surface area contributed by atoms with Crippen molar-refractivity contribution in [3.63, 3.8) is 0 Å². The molecule has 0 spiro atoms. The summed E-state index contributed by atoms with van der Waals surface area (Å²) < 4.78 is 0. The Balaban J connectivity index is 0.914. The van der Waals surface area contributed by atoms with E-state index in [2.05, 4.69) is 138 Å². The van der Waals surface area contributed by atoms with E-state index in [0.29, 0.717) is 5.82 Å². The molecule has 0 atom stereocenters. The van der Waals surface area contributed by atoms with Gasteiger partial charge in [-0.1, -0.05) is 146 Å². The fraction of sp³-hybridized carbons (Fsp3) is 0. The van der Waals surface area contributed by atoms with E-state index in [1.807, 2.05) is 60.8 Å². The van der Waals surface area contributed by atoms with Gasteiger partial charge in [-0.05, 0) is 53.6 Å². The Kier molecular flexibility index (Phi) is 8.04. The van der Waals surface area contributed by atoms with Crippen molar-refractivity contribution in [2.24, 2.45) is 0 Å². The second-order valence-electron chi connectivity index (χ2n) is 14.4. The first-order valence-corrected chi connectivity index (χ1v) is 19.3. The summed E-state index contributed by atoms with van der Waals surface area (Å²) in [5.41, 5.74) is 14.2. The van der Waals surface area contributed by atoms with E-state index >= 15 is 0 Å². The molecule has 0 amide bonds. The molecule has 6 nitrogen and oxygen atoms in total. The van der Waals surface area contributed by atoms with Crippen LogP contribution in [0.15, 0.2) is 194 Å². The van der Waals surface area contributed by atoms with Crippen LogP contribution in [0.2, 0.25) is 0 Å². The van der Waals surface area contributed by atoms with Gasteiger partial charge in [0.1, 0.15) is 5.69 Å². The minimum atomic E-state index is 0.586. The first-order chi connectivity index (χ1) is 28.7. The fourth-order valence-corrected chi connectivity index (χ4v) is 7.65. The van der Waals surface area contributed by atoms with Gasteiger partial charge in [-0.25, -0.2) is 24.9 Å². The number of rotatable bonds is 6. The van der Waals surface area contributed by atoms with Gasteiger partial charge in [-0.2, -0.15) is 0 Å². The van der Waals surface area contributed by atoms with E-state index in [4.69, 9.17) is 24.9 Å². The lowest BCUT2D eigenvalue weighted by Gasteiger charge is -2.10. The van der Waals surface area contributed by atoms with Gasteiger partial charge in [0.05, 0.1) is 44.8 Å². The molecular formula is C52H32N6. The van der Waals surface area contributed by atoms with Crippen molar-refractivity contribution < 1.29 is 0 Å². The minimum Gasteiger partial charge on any atom is -0.254 e. The van der Waals surface area contributed by atoms with Gasteiger partial charge in [0.15, 0.2) is 5.82 Å². The Hall–Kier alpha value is -7.96. The zero-order valence-electron chi connectivity index (χ0n) is 31.2. The molecule has 6 heteroatoms. The predicted octanol–water partition coefficient (Wildman–Crippen LogP) is 12.7. The Morgan fingerprint density at radius 1 is 0.259 bits per heavy atom. The molecule has 270 valence electrons. The average Bonchev–Trinajstić information content (AvgIpc) is 3.31. The molecule has 0 aliphatic carbocycles. The normalized spacial score (nSPS) is 11.4. The van der Waals surface area contributed by atoms with Crippen LogP contribution in [0.25, 0.3) is 111 Å². The smallest absolute Gasteiger partial charge is 0.179 e. The van der Waals surface area contributed by atoms with Crippen molar-refractivity contribution in [2.75, 3.05) is 0 Å². The molecule has 6 aromatic carbocycles. The van der Waals surface area contributed by atoms with Gasteiger partial charge in [-0.3, -0.25) is 4.98 Å². The zero-order valence-corrected chi connectivity index (χ0v) is 31.2. The summed E-state index contributed by atoms with van der Waals surface area (Å²) >= 11 is 0. The molecule has 5 heterocycles. The Morgan fingerprint density at radius 3 is 1.31 bits per heavy atom. The number of aromatic nitrogens is 6. The van der Waals surface area contributed by atoms with Crippen molar-refractivity contribution >= 4 is 43.6 Å². The highest BCUT2D eigenvalue weighted by molar-refractivity contribution is 6.03. The van der Waals surface area contributed by atoms with Crippen LogP contribution in [0.3, 0.4) is 0 Å². The largest absolute Gasteiger partial charge is 0.254 e. The van der Waals surface area contributed by atoms with E-state index < -0.39 is 0 Å². The third-order valence-corrected chi connectivity index (χ3v) is 10.7. The van der Waals surface area contributed by atoms with Crippen molar-refractivity contribution in [1.82, 2.24) is 29.9 Å². The lowest BCUT2D eigenvalue weighted by molar-refractivity contribution is 1.16. The summed E-state index contributed by atoms with van der Waals surface area (Å²) in [6.45, 7) is 0. The summed E-state index contributed by atoms with van der Waals surface area (Å²) in [5, 5.41) is 4.29. The van der Waals surface area contributed by atoms with E-state index in [9.17, 15) is 0 Å². The van der Waals surface area contributed by atoms with Gasteiger partial charge in [0, 0.05) is 50.0 Å². The maximum absolute atomic E-state index is 5.14. The Bertz CT molecular complexity index is 3270. The van der Waals surface area contributed by atoms with E-state index in [0.717, 1.165) is 105 Å². The molecule has 0 aliphatic rings. The first kappa shape index (κ1) is 33.4. The number of fused-ring (bicyclic) bond motifs is 5. The van der Waals surface area contributed by atoms with Crippen LogP contribution in [0.1, 0.15) is 0 Å². The lowest BCUT2D eigenvalue weighted by Crippen LogP contribution is -1.97. The molecule has 0 aliphatic heterocycles. The lowest BCUT2D eigenvalue weighted by atomic mass is 10.0. The third kappa shape index (κ3) is 6.19. The maximum atomic E-state index is 5.14. The van der Waals surface area contributed by atoms with Crippen molar-refractivity contribution in [3.8, 4) is 67.7 Å². The van der Waals surface area contributed by atoms with E-state index in [1.165, 1.54) is 0 Å². The molecule has 0 saturated heterocycles. The standard InChI is InChI=1S/C52H32N6/c1-3-8-33(9-4-1)48-32-49(34-10-5-2-6-11-34)58-52(57-48)45-28-24-38-18-22-42(31-47(38)55-45)41-21-17-37-23-26-43(54-46(37)30-41)35-13-15-36(16-14-35)44-27-25-40-20-19-39-12-7-29-53-50(39)51(40)56-44/h1-32H. The molecular weight excluding hydrogens is 709 g/mol. The molecule has 0 bridgehead atoms. The molecule has 11 rings (SSSR count). The van der Waals surface area contributed by atoms with Crippen molar-refractivity contribution in [3.05, 3.63) is 194 Å². The maximum Gasteiger partial charge on any atom is 0.179 e. The SMILES string of the molecule is c1ccc(-c2cc(-c3ccccc3)nc(-c3ccc4ccc(-c5ccc6ccc(-c7ccc(-c8ccc9ccc%10cccnc%10c9n8)cc7)nc6c5)cc4n3)n2)cc1. The number of pyridine rings is 4. The van der Waals surface area contributed by atoms with Crippen LogP contribution in [0.5, 0.6) is 0 Å². The molecule has 0 unspecified atom stereocenters. The van der Waals surface area contributed by atoms with Crippen LogP contribution < -0.4 is 0 Å². The predicted molar refractivity (Wildman–Crippen MR) is 236 cm³/mol. The van der Waals surface area contributed by atoms with Crippen LogP contribution >= 0.6 is 0 Å². The summed E-state index contributed by atoms with van der Waals surface area (Å²) in [5.74, 6) is 0.586. The number of nitrogens with zero attached hydrogens (tertiary/aromatic N) is 6. The summed E-state index contributed by atoms with van der Waals surface area (Å²) in [4.78, 5) is 29.9.